The molecule has 0 aromatic heterocycles. The fourth-order valence-corrected chi connectivity index (χ4v) is 2.37. The third-order valence-electron chi connectivity index (χ3n) is 3.49. The highest BCUT2D eigenvalue weighted by atomic mass is 79.9. The number of benzene rings is 2. The molecule has 2 N–H and O–H groups in total. The van der Waals surface area contributed by atoms with Crippen molar-refractivity contribution in [3.8, 4) is 0 Å². The first-order valence-electron chi connectivity index (χ1n) is 7.10. The molecule has 0 bridgehead atoms. The molecule has 2 aromatic carbocycles. The monoisotopic (exact) mass is 344 g/mol. The Kier molecular flexibility index (Phi) is 4.25. The van der Waals surface area contributed by atoms with Crippen molar-refractivity contribution >= 4 is 33.2 Å². The summed E-state index contributed by atoms with van der Waals surface area (Å²) in [4.78, 5) is 11.8. The van der Waals surface area contributed by atoms with Gasteiger partial charge in [-0.3, -0.25) is 4.79 Å². The molecule has 1 saturated carbocycles. The Labute approximate surface area is 132 Å². The summed E-state index contributed by atoms with van der Waals surface area (Å²) in [6, 6.07) is 16.1. The SMILES string of the molecule is O=C(Nc1cccc(NCc2ccc(Br)cc2)c1)C1CC1. The Hall–Kier alpha value is -1.81. The molecule has 1 aliphatic rings. The fourth-order valence-electron chi connectivity index (χ4n) is 2.10. The Balaban J connectivity index is 1.60. The van der Waals surface area contributed by atoms with E-state index in [1.54, 1.807) is 0 Å². The average molecular weight is 345 g/mol. The van der Waals surface area contributed by atoms with Crippen LogP contribution in [-0.4, -0.2) is 5.91 Å². The first-order chi connectivity index (χ1) is 10.2. The van der Waals surface area contributed by atoms with E-state index in [2.05, 4.69) is 38.7 Å². The van der Waals surface area contributed by atoms with E-state index in [9.17, 15) is 4.79 Å². The maximum absolute atomic E-state index is 11.8. The van der Waals surface area contributed by atoms with E-state index in [0.717, 1.165) is 35.2 Å². The predicted molar refractivity (Wildman–Crippen MR) is 89.3 cm³/mol. The van der Waals surface area contributed by atoms with Gasteiger partial charge in [-0.2, -0.15) is 0 Å². The summed E-state index contributed by atoms with van der Waals surface area (Å²) in [6.07, 6.45) is 2.04. The standard InChI is InChI=1S/C17H17BrN2O/c18-14-8-4-12(5-9-14)11-19-15-2-1-3-16(10-15)20-17(21)13-6-7-13/h1-5,8-10,13,19H,6-7,11H2,(H,20,21). The summed E-state index contributed by atoms with van der Waals surface area (Å²) in [5.41, 5.74) is 3.07. The Bertz CT molecular complexity index is 635. The topological polar surface area (TPSA) is 41.1 Å². The van der Waals surface area contributed by atoms with Crippen LogP contribution in [0.15, 0.2) is 53.0 Å². The molecular formula is C17H17BrN2O. The predicted octanol–water partition coefficient (Wildman–Crippen LogP) is 4.41. The number of hydrogen-bond acceptors (Lipinski definition) is 2. The van der Waals surface area contributed by atoms with Gasteiger partial charge in [0.05, 0.1) is 0 Å². The number of carbonyl (C=O) groups excluding carboxylic acids is 1. The number of nitrogens with one attached hydrogen (secondary N) is 2. The molecule has 2 aromatic rings. The molecule has 0 heterocycles. The van der Waals surface area contributed by atoms with Crippen molar-refractivity contribution in [1.82, 2.24) is 0 Å². The number of halogens is 1. The van der Waals surface area contributed by atoms with Gasteiger partial charge in [0.2, 0.25) is 5.91 Å². The van der Waals surface area contributed by atoms with Crippen molar-refractivity contribution in [2.45, 2.75) is 19.4 Å². The van der Waals surface area contributed by atoms with Crippen molar-refractivity contribution < 1.29 is 4.79 Å². The second-order valence-corrected chi connectivity index (χ2v) is 6.24. The molecule has 3 nitrogen and oxygen atoms in total. The number of hydrogen-bond donors (Lipinski definition) is 2. The van der Waals surface area contributed by atoms with Gasteiger partial charge in [-0.25, -0.2) is 0 Å². The van der Waals surface area contributed by atoms with Gasteiger partial charge >= 0.3 is 0 Å². The lowest BCUT2D eigenvalue weighted by Gasteiger charge is -2.09. The smallest absolute Gasteiger partial charge is 0.227 e. The number of anilines is 2. The lowest BCUT2D eigenvalue weighted by molar-refractivity contribution is -0.117. The van der Waals surface area contributed by atoms with E-state index in [0.29, 0.717) is 0 Å². The fraction of sp³-hybridized carbons (Fsp3) is 0.235. The summed E-state index contributed by atoms with van der Waals surface area (Å²) < 4.78 is 1.08. The molecule has 0 spiro atoms. The zero-order valence-electron chi connectivity index (χ0n) is 11.6. The van der Waals surface area contributed by atoms with Gasteiger partial charge < -0.3 is 10.6 Å². The maximum atomic E-state index is 11.8. The first-order valence-corrected chi connectivity index (χ1v) is 7.89. The minimum atomic E-state index is 0.139. The van der Waals surface area contributed by atoms with Crippen LogP contribution in [0, 0.1) is 5.92 Å². The van der Waals surface area contributed by atoms with E-state index < -0.39 is 0 Å². The van der Waals surface area contributed by atoms with Crippen LogP contribution in [0.3, 0.4) is 0 Å². The third-order valence-corrected chi connectivity index (χ3v) is 4.02. The minimum Gasteiger partial charge on any atom is -0.381 e. The number of carbonyl (C=O) groups is 1. The molecule has 0 unspecified atom stereocenters. The van der Waals surface area contributed by atoms with Crippen molar-refractivity contribution in [3.63, 3.8) is 0 Å². The van der Waals surface area contributed by atoms with E-state index in [4.69, 9.17) is 0 Å². The second-order valence-electron chi connectivity index (χ2n) is 5.32. The van der Waals surface area contributed by atoms with E-state index in [1.807, 2.05) is 36.4 Å². The van der Waals surface area contributed by atoms with Crippen LogP contribution in [-0.2, 0) is 11.3 Å². The van der Waals surface area contributed by atoms with Crippen molar-refractivity contribution in [2.75, 3.05) is 10.6 Å². The molecule has 108 valence electrons. The summed E-state index contributed by atoms with van der Waals surface area (Å²) in [6.45, 7) is 0.757. The van der Waals surface area contributed by atoms with Crippen LogP contribution in [0.5, 0.6) is 0 Å². The highest BCUT2D eigenvalue weighted by molar-refractivity contribution is 9.10. The number of amides is 1. The zero-order chi connectivity index (χ0) is 14.7. The van der Waals surface area contributed by atoms with Crippen LogP contribution in [0.1, 0.15) is 18.4 Å². The van der Waals surface area contributed by atoms with Crippen LogP contribution in [0.2, 0.25) is 0 Å². The van der Waals surface area contributed by atoms with Gasteiger partial charge in [0.25, 0.3) is 0 Å². The molecule has 0 atom stereocenters. The molecule has 0 saturated heterocycles. The Morgan fingerprint density at radius 3 is 2.52 bits per heavy atom. The maximum Gasteiger partial charge on any atom is 0.227 e. The van der Waals surface area contributed by atoms with Crippen LogP contribution in [0.4, 0.5) is 11.4 Å². The normalized spacial score (nSPS) is 13.8. The molecule has 0 radical (unpaired) electrons. The highest BCUT2D eigenvalue weighted by Crippen LogP contribution is 2.30. The summed E-state index contributed by atoms with van der Waals surface area (Å²) in [5.74, 6) is 0.365. The van der Waals surface area contributed by atoms with Gasteiger partial charge in [0, 0.05) is 28.3 Å². The molecule has 4 heteroatoms. The van der Waals surface area contributed by atoms with Crippen molar-refractivity contribution in [2.24, 2.45) is 5.92 Å². The molecule has 21 heavy (non-hydrogen) atoms. The van der Waals surface area contributed by atoms with Gasteiger partial charge in [-0.05, 0) is 48.7 Å². The minimum absolute atomic E-state index is 0.139. The van der Waals surface area contributed by atoms with Crippen molar-refractivity contribution in [1.29, 1.82) is 0 Å². The molecule has 1 fully saturated rings. The summed E-state index contributed by atoms with van der Waals surface area (Å²) in [5, 5.41) is 6.34. The van der Waals surface area contributed by atoms with Crippen molar-refractivity contribution in [3.05, 3.63) is 58.6 Å². The van der Waals surface area contributed by atoms with Crippen LogP contribution in [0.25, 0.3) is 0 Å². The van der Waals surface area contributed by atoms with Gasteiger partial charge in [0.1, 0.15) is 0 Å². The van der Waals surface area contributed by atoms with Gasteiger partial charge in [0.15, 0.2) is 0 Å². The van der Waals surface area contributed by atoms with E-state index in [-0.39, 0.29) is 11.8 Å². The average Bonchev–Trinajstić information content (AvgIpc) is 3.32. The highest BCUT2D eigenvalue weighted by Gasteiger charge is 2.29. The lowest BCUT2D eigenvalue weighted by Crippen LogP contribution is -2.13. The van der Waals surface area contributed by atoms with Crippen LogP contribution >= 0.6 is 15.9 Å². The largest absolute Gasteiger partial charge is 0.381 e. The second kappa shape index (κ2) is 6.31. The number of rotatable bonds is 5. The Morgan fingerprint density at radius 1 is 1.10 bits per heavy atom. The van der Waals surface area contributed by atoms with Gasteiger partial charge in [-0.15, -0.1) is 0 Å². The first kappa shape index (κ1) is 14.1. The van der Waals surface area contributed by atoms with E-state index >= 15 is 0 Å². The molecule has 1 amide bonds. The quantitative estimate of drug-likeness (QED) is 0.843. The molecule has 0 aliphatic heterocycles. The van der Waals surface area contributed by atoms with Gasteiger partial charge in [-0.1, -0.05) is 34.1 Å². The summed E-state index contributed by atoms with van der Waals surface area (Å²) in [7, 11) is 0. The Morgan fingerprint density at radius 2 is 1.81 bits per heavy atom. The lowest BCUT2D eigenvalue weighted by atomic mass is 10.2. The third kappa shape index (κ3) is 4.08. The van der Waals surface area contributed by atoms with Crippen LogP contribution < -0.4 is 10.6 Å². The summed E-state index contributed by atoms with van der Waals surface area (Å²) >= 11 is 3.43. The molecule has 1 aliphatic carbocycles. The van der Waals surface area contributed by atoms with E-state index in [1.165, 1.54) is 5.56 Å². The molecular weight excluding hydrogens is 328 g/mol. The zero-order valence-corrected chi connectivity index (χ0v) is 13.2. The molecule has 3 rings (SSSR count).